The summed E-state index contributed by atoms with van der Waals surface area (Å²) in [7, 11) is 1.57. The predicted molar refractivity (Wildman–Crippen MR) is 235 cm³/mol. The van der Waals surface area contributed by atoms with Gasteiger partial charge in [0.25, 0.3) is 0 Å². The second-order valence-corrected chi connectivity index (χ2v) is 16.4. The van der Waals surface area contributed by atoms with Gasteiger partial charge in [-0.3, -0.25) is 33.8 Å². The SMILES string of the molecule is COCCOCCNC(=O)[C@H](Cc1ccccc1)NC(=O)[C@@H]1Cc2ccccc2CN1C(=O)[C@H](CCCN=C(N)N)NC(=O)[C@@H](NC(=O)[C@@H](NC(C)=O)C(C)C)C1CCCCC1. The molecule has 0 saturated heterocycles. The Balaban J connectivity index is 1.64. The Kier molecular flexibility index (Phi) is 20.1. The molecule has 9 N–H and O–H groups in total. The fourth-order valence-corrected chi connectivity index (χ4v) is 8.01. The molecule has 6 amide bonds. The predicted octanol–water partition coefficient (Wildman–Crippen LogP) is 1.21. The van der Waals surface area contributed by atoms with Gasteiger partial charge in [-0.25, -0.2) is 0 Å². The number of carbonyl (C=O) groups excluding carboxylic acids is 6. The van der Waals surface area contributed by atoms with Crippen LogP contribution >= 0.6 is 0 Å². The van der Waals surface area contributed by atoms with E-state index < -0.39 is 59.7 Å². The van der Waals surface area contributed by atoms with Gasteiger partial charge in [0.1, 0.15) is 30.2 Å². The molecule has 62 heavy (non-hydrogen) atoms. The van der Waals surface area contributed by atoms with E-state index in [1.165, 1.54) is 11.8 Å². The molecule has 340 valence electrons. The number of hydrogen-bond donors (Lipinski definition) is 7. The molecule has 4 rings (SSSR count). The van der Waals surface area contributed by atoms with Crippen LogP contribution in [0, 0.1) is 11.8 Å². The van der Waals surface area contributed by atoms with Crippen molar-refractivity contribution in [3.05, 3.63) is 71.3 Å². The van der Waals surface area contributed by atoms with E-state index in [-0.39, 0.29) is 69.2 Å². The maximum atomic E-state index is 15.0. The largest absolute Gasteiger partial charge is 0.382 e. The molecule has 1 fully saturated rings. The molecule has 1 heterocycles. The first-order chi connectivity index (χ1) is 29.8. The number of carbonyl (C=O) groups is 6. The number of methoxy groups -OCH3 is 1. The van der Waals surface area contributed by atoms with E-state index in [9.17, 15) is 28.8 Å². The van der Waals surface area contributed by atoms with Crippen LogP contribution in [0.25, 0.3) is 0 Å². The molecule has 0 radical (unpaired) electrons. The highest BCUT2D eigenvalue weighted by molar-refractivity contribution is 5.97. The van der Waals surface area contributed by atoms with Crippen molar-refractivity contribution < 1.29 is 38.2 Å². The minimum absolute atomic E-state index is 0.0668. The van der Waals surface area contributed by atoms with Gasteiger partial charge in [-0.2, -0.15) is 0 Å². The number of rotatable bonds is 23. The van der Waals surface area contributed by atoms with Crippen LogP contribution in [-0.4, -0.2) is 117 Å². The van der Waals surface area contributed by atoms with Crippen LogP contribution in [0.15, 0.2) is 59.6 Å². The monoisotopic (exact) mass is 862 g/mol. The Morgan fingerprint density at radius 3 is 2.16 bits per heavy atom. The van der Waals surface area contributed by atoms with Crippen molar-refractivity contribution >= 4 is 41.4 Å². The molecule has 0 spiro atoms. The lowest BCUT2D eigenvalue weighted by Crippen LogP contribution is -2.62. The molecular weight excluding hydrogens is 795 g/mol. The van der Waals surface area contributed by atoms with Crippen LogP contribution in [0.2, 0.25) is 0 Å². The van der Waals surface area contributed by atoms with Crippen molar-refractivity contribution in [1.82, 2.24) is 31.5 Å². The molecule has 17 nitrogen and oxygen atoms in total. The Hall–Kier alpha value is -5.55. The van der Waals surface area contributed by atoms with Crippen molar-refractivity contribution in [1.29, 1.82) is 0 Å². The van der Waals surface area contributed by atoms with Gasteiger partial charge >= 0.3 is 0 Å². The maximum absolute atomic E-state index is 15.0. The van der Waals surface area contributed by atoms with E-state index >= 15 is 0 Å². The molecule has 1 aliphatic heterocycles. The number of ether oxygens (including phenoxy) is 2. The van der Waals surface area contributed by atoms with Crippen LogP contribution in [0.3, 0.4) is 0 Å². The topological polar surface area (TPSA) is 249 Å². The third kappa shape index (κ3) is 15.4. The number of nitrogens with one attached hydrogen (secondary N) is 5. The number of aliphatic imine (C=N–C) groups is 1. The lowest BCUT2D eigenvalue weighted by atomic mass is 9.83. The lowest BCUT2D eigenvalue weighted by Gasteiger charge is -2.39. The highest BCUT2D eigenvalue weighted by atomic mass is 16.5. The zero-order valence-electron chi connectivity index (χ0n) is 36.7. The smallest absolute Gasteiger partial charge is 0.246 e. The molecule has 0 unspecified atom stereocenters. The number of nitrogens with zero attached hydrogens (tertiary/aromatic N) is 2. The fourth-order valence-electron chi connectivity index (χ4n) is 8.01. The van der Waals surface area contributed by atoms with Gasteiger partial charge in [0.2, 0.25) is 35.4 Å². The minimum atomic E-state index is -1.14. The van der Waals surface area contributed by atoms with E-state index in [1.807, 2.05) is 68.4 Å². The third-order valence-corrected chi connectivity index (χ3v) is 11.3. The summed E-state index contributed by atoms with van der Waals surface area (Å²) in [4.78, 5) is 89.0. The first kappa shape index (κ1) is 49.1. The summed E-state index contributed by atoms with van der Waals surface area (Å²) in [6.07, 6.45) is 4.92. The summed E-state index contributed by atoms with van der Waals surface area (Å²) >= 11 is 0. The Morgan fingerprint density at radius 2 is 1.50 bits per heavy atom. The summed E-state index contributed by atoms with van der Waals surface area (Å²) in [5.74, 6) is -3.45. The van der Waals surface area contributed by atoms with Crippen molar-refractivity contribution in [2.75, 3.05) is 40.0 Å². The van der Waals surface area contributed by atoms with Crippen molar-refractivity contribution in [2.24, 2.45) is 28.3 Å². The van der Waals surface area contributed by atoms with Gasteiger partial charge in [-0.1, -0.05) is 87.7 Å². The minimum Gasteiger partial charge on any atom is -0.382 e. The molecule has 5 atom stereocenters. The Morgan fingerprint density at radius 1 is 0.806 bits per heavy atom. The molecule has 2 aliphatic rings. The maximum Gasteiger partial charge on any atom is 0.246 e. The average Bonchev–Trinajstić information content (AvgIpc) is 3.26. The van der Waals surface area contributed by atoms with Crippen LogP contribution < -0.4 is 38.1 Å². The van der Waals surface area contributed by atoms with Crippen molar-refractivity contribution in [2.45, 2.75) is 115 Å². The molecule has 0 bridgehead atoms. The highest BCUT2D eigenvalue weighted by Gasteiger charge is 2.41. The molecule has 2 aromatic rings. The summed E-state index contributed by atoms with van der Waals surface area (Å²) in [5, 5.41) is 14.4. The first-order valence-corrected chi connectivity index (χ1v) is 21.8. The highest BCUT2D eigenvalue weighted by Crippen LogP contribution is 2.28. The zero-order chi connectivity index (χ0) is 45.0. The van der Waals surface area contributed by atoms with Crippen molar-refractivity contribution in [3.63, 3.8) is 0 Å². The molecule has 0 aromatic heterocycles. The van der Waals surface area contributed by atoms with Gasteiger partial charge in [0.05, 0.1) is 19.8 Å². The van der Waals surface area contributed by atoms with E-state index in [0.29, 0.717) is 32.5 Å². The normalized spacial score (nSPS) is 17.0. The van der Waals surface area contributed by atoms with E-state index in [2.05, 4.69) is 31.6 Å². The second-order valence-electron chi connectivity index (χ2n) is 16.4. The molecule has 1 aliphatic carbocycles. The number of benzene rings is 2. The van der Waals surface area contributed by atoms with Gasteiger partial charge < -0.3 is 52.4 Å². The number of amides is 6. The summed E-state index contributed by atoms with van der Waals surface area (Å²) in [6, 6.07) is 11.8. The zero-order valence-corrected chi connectivity index (χ0v) is 36.7. The molecule has 17 heteroatoms. The van der Waals surface area contributed by atoms with E-state index in [0.717, 1.165) is 36.0 Å². The van der Waals surface area contributed by atoms with Crippen LogP contribution in [-0.2, 0) is 57.6 Å². The molecular formula is C45H67N9O8. The summed E-state index contributed by atoms with van der Waals surface area (Å²) in [5.41, 5.74) is 13.7. The van der Waals surface area contributed by atoms with Crippen LogP contribution in [0.4, 0.5) is 0 Å². The fraction of sp³-hybridized carbons (Fsp3) is 0.578. The third-order valence-electron chi connectivity index (χ3n) is 11.3. The average molecular weight is 862 g/mol. The standard InChI is InChI=1S/C45H67N9O8/c1-29(2)38(50-30(3)55)42(58)53-39(32-16-9-6-10-17-32)43(59)51-35(20-13-21-49-45(46)47)44(60)54-28-34-19-12-11-18-33(34)27-37(54)41(57)52-36(26-31-14-7-5-8-15-31)40(56)48-22-23-62-25-24-61-4/h5,7-8,11-12,14-15,18-19,29,32,35-39H,6,9-10,13,16-17,20-28H2,1-4H3,(H,48,56)(H,50,55)(H,51,59)(H,52,57)(H,53,58)(H4,46,47,49)/t35-,36-,37-,38-,39-/m0/s1. The van der Waals surface area contributed by atoms with E-state index in [4.69, 9.17) is 20.9 Å². The van der Waals surface area contributed by atoms with Gasteiger partial charge in [-0.15, -0.1) is 0 Å². The molecule has 2 aromatic carbocycles. The van der Waals surface area contributed by atoms with Gasteiger partial charge in [-0.05, 0) is 54.2 Å². The number of guanidine groups is 1. The summed E-state index contributed by atoms with van der Waals surface area (Å²) in [6.45, 7) is 6.43. The number of fused-ring (bicyclic) bond motifs is 1. The van der Waals surface area contributed by atoms with Crippen molar-refractivity contribution in [3.8, 4) is 0 Å². The van der Waals surface area contributed by atoms with E-state index in [1.54, 1.807) is 7.11 Å². The first-order valence-electron chi connectivity index (χ1n) is 21.8. The number of nitrogens with two attached hydrogens (primary N) is 2. The van der Waals surface area contributed by atoms with Crippen LogP contribution in [0.1, 0.15) is 82.4 Å². The summed E-state index contributed by atoms with van der Waals surface area (Å²) < 4.78 is 10.5. The second kappa shape index (κ2) is 25.4. The van der Waals surface area contributed by atoms with Crippen LogP contribution in [0.5, 0.6) is 0 Å². The molecule has 1 saturated carbocycles. The Bertz CT molecular complexity index is 1820. The lowest BCUT2D eigenvalue weighted by molar-refractivity contribution is -0.146. The number of hydrogen-bond acceptors (Lipinski definition) is 9. The van der Waals surface area contributed by atoms with Gasteiger partial charge in [0, 0.05) is 46.5 Å². The quantitative estimate of drug-likeness (QED) is 0.0478. The van der Waals surface area contributed by atoms with Gasteiger partial charge in [0.15, 0.2) is 5.96 Å². The Labute approximate surface area is 365 Å².